The summed E-state index contributed by atoms with van der Waals surface area (Å²) in [6.45, 7) is 3.70. The molecule has 0 spiro atoms. The van der Waals surface area contributed by atoms with Crippen molar-refractivity contribution in [1.82, 2.24) is 0 Å². The molecule has 5 rings (SSSR count). The zero-order valence-corrected chi connectivity index (χ0v) is 24.4. The number of quaternary nitrogens is 1. The van der Waals surface area contributed by atoms with E-state index in [0.717, 1.165) is 52.5 Å². The molecule has 3 aromatic rings. The van der Waals surface area contributed by atoms with Gasteiger partial charge in [-0.1, -0.05) is 66.7 Å². The van der Waals surface area contributed by atoms with E-state index in [4.69, 9.17) is 4.74 Å². The normalized spacial score (nSPS) is 21.8. The quantitative estimate of drug-likeness (QED) is 0.292. The molecule has 2 aliphatic rings. The van der Waals surface area contributed by atoms with Gasteiger partial charge in [0.15, 0.2) is 0 Å². The van der Waals surface area contributed by atoms with Crippen LogP contribution < -0.4 is 33.6 Å². The number of benzene rings is 3. The van der Waals surface area contributed by atoms with E-state index < -0.39 is 6.10 Å². The summed E-state index contributed by atoms with van der Waals surface area (Å²) < 4.78 is 7.08. The SMILES string of the molecule is C[N+]1(CC(O)COc2cccc3c2CCC(=O)N3Cc2ccccc2)CCC(Cc2ccccc2)CC1.[I-]. The van der Waals surface area contributed by atoms with Gasteiger partial charge >= 0.3 is 0 Å². The van der Waals surface area contributed by atoms with Crippen LogP contribution in [0.3, 0.4) is 0 Å². The zero-order valence-electron chi connectivity index (χ0n) is 22.3. The molecule has 1 atom stereocenters. The summed E-state index contributed by atoms with van der Waals surface area (Å²) in [6, 6.07) is 26.8. The number of aliphatic hydroxyl groups is 1. The highest BCUT2D eigenvalue weighted by Crippen LogP contribution is 2.36. The summed E-state index contributed by atoms with van der Waals surface area (Å²) in [5.41, 5.74) is 4.51. The maximum absolute atomic E-state index is 12.8. The number of likely N-dealkylation sites (N-methyl/N-ethyl adjacent to an activating group) is 1. The van der Waals surface area contributed by atoms with E-state index in [2.05, 4.69) is 37.4 Å². The molecule has 1 N–H and O–H groups in total. The Morgan fingerprint density at radius 3 is 2.26 bits per heavy atom. The number of aliphatic hydroxyl groups excluding tert-OH is 1. The first kappa shape index (κ1) is 28.6. The van der Waals surface area contributed by atoms with Crippen molar-refractivity contribution in [2.45, 2.75) is 44.8 Å². The van der Waals surface area contributed by atoms with Crippen LogP contribution in [0.25, 0.3) is 0 Å². The number of nitrogens with zero attached hydrogens (tertiary/aromatic N) is 2. The standard InChI is InChI=1S/C32H39N2O3.HI/c1-34(19-17-26(18-20-34)21-25-9-4-2-5-10-25)23-28(35)24-37-31-14-8-13-30-29(31)15-16-32(36)33(30)22-27-11-6-3-7-12-27;/h2-14,26,28,35H,15-24H2,1H3;1H/q+1;/p-1. The number of ether oxygens (including phenoxy) is 1. The number of rotatable bonds is 9. The lowest BCUT2D eigenvalue weighted by molar-refractivity contribution is -0.918. The molecule has 0 radical (unpaired) electrons. The van der Waals surface area contributed by atoms with E-state index in [-0.39, 0.29) is 36.5 Å². The third kappa shape index (κ3) is 7.16. The van der Waals surface area contributed by atoms with Crippen molar-refractivity contribution in [2.75, 3.05) is 38.2 Å². The fourth-order valence-electron chi connectivity index (χ4n) is 5.96. The Labute approximate surface area is 244 Å². The van der Waals surface area contributed by atoms with Gasteiger partial charge in [-0.15, -0.1) is 0 Å². The highest BCUT2D eigenvalue weighted by atomic mass is 127. The smallest absolute Gasteiger partial charge is 0.227 e. The number of fused-ring (bicyclic) bond motifs is 1. The monoisotopic (exact) mass is 626 g/mol. The first-order chi connectivity index (χ1) is 18.0. The number of hydrogen-bond acceptors (Lipinski definition) is 3. The van der Waals surface area contributed by atoms with Gasteiger partial charge in [-0.3, -0.25) is 4.79 Å². The summed E-state index contributed by atoms with van der Waals surface area (Å²) in [5.74, 6) is 1.65. The number of carbonyl (C=O) groups is 1. The van der Waals surface area contributed by atoms with Gasteiger partial charge in [0.2, 0.25) is 5.91 Å². The van der Waals surface area contributed by atoms with Crippen molar-refractivity contribution in [3.63, 3.8) is 0 Å². The lowest BCUT2D eigenvalue weighted by atomic mass is 9.89. The van der Waals surface area contributed by atoms with E-state index in [1.165, 1.54) is 18.4 Å². The Morgan fingerprint density at radius 2 is 1.58 bits per heavy atom. The third-order valence-corrected chi connectivity index (χ3v) is 8.08. The van der Waals surface area contributed by atoms with Crippen LogP contribution in [0.1, 0.15) is 36.0 Å². The average molecular weight is 627 g/mol. The third-order valence-electron chi connectivity index (χ3n) is 8.08. The molecular formula is C32H39IN2O3. The molecule has 38 heavy (non-hydrogen) atoms. The highest BCUT2D eigenvalue weighted by molar-refractivity contribution is 5.96. The molecule has 0 bridgehead atoms. The van der Waals surface area contributed by atoms with Gasteiger partial charge in [0.1, 0.15) is 25.0 Å². The molecule has 1 fully saturated rings. The second-order valence-corrected chi connectivity index (χ2v) is 11.1. The van der Waals surface area contributed by atoms with E-state index >= 15 is 0 Å². The number of likely N-dealkylation sites (tertiary alicyclic amines) is 1. The maximum Gasteiger partial charge on any atom is 0.227 e. The number of anilines is 1. The van der Waals surface area contributed by atoms with E-state index in [9.17, 15) is 9.90 Å². The van der Waals surface area contributed by atoms with Crippen molar-refractivity contribution < 1.29 is 43.1 Å². The predicted molar refractivity (Wildman–Crippen MR) is 148 cm³/mol. The van der Waals surface area contributed by atoms with Crippen molar-refractivity contribution in [3.8, 4) is 5.75 Å². The lowest BCUT2D eigenvalue weighted by Crippen LogP contribution is -3.00. The summed E-state index contributed by atoms with van der Waals surface area (Å²) >= 11 is 0. The zero-order chi connectivity index (χ0) is 25.7. The van der Waals surface area contributed by atoms with Crippen LogP contribution in [0.4, 0.5) is 5.69 Å². The predicted octanol–water partition coefficient (Wildman–Crippen LogP) is 2.01. The molecule has 0 saturated carbocycles. The molecule has 2 heterocycles. The molecule has 3 aromatic carbocycles. The minimum absolute atomic E-state index is 0. The summed E-state index contributed by atoms with van der Waals surface area (Å²) in [6.07, 6.45) is 4.14. The number of halogens is 1. The molecule has 1 amide bonds. The van der Waals surface area contributed by atoms with Gasteiger partial charge in [0, 0.05) is 12.0 Å². The van der Waals surface area contributed by atoms with Crippen molar-refractivity contribution >= 4 is 11.6 Å². The number of amides is 1. The number of piperidine rings is 1. The van der Waals surface area contributed by atoms with Gasteiger partial charge in [-0.2, -0.15) is 0 Å². The Bertz CT molecular complexity index is 1180. The van der Waals surface area contributed by atoms with Crippen LogP contribution in [0.2, 0.25) is 0 Å². The van der Waals surface area contributed by atoms with Gasteiger partial charge in [0.05, 0.1) is 32.4 Å². The molecule has 6 heteroatoms. The summed E-state index contributed by atoms with van der Waals surface area (Å²) in [7, 11) is 2.26. The molecule has 0 aromatic heterocycles. The lowest BCUT2D eigenvalue weighted by Gasteiger charge is -2.41. The van der Waals surface area contributed by atoms with Crippen molar-refractivity contribution in [1.29, 1.82) is 0 Å². The topological polar surface area (TPSA) is 49.8 Å². The molecule has 1 saturated heterocycles. The van der Waals surface area contributed by atoms with Gasteiger partial charge in [-0.25, -0.2) is 0 Å². The Balaban J connectivity index is 0.00000336. The fraction of sp³-hybridized carbons (Fsp3) is 0.406. The minimum atomic E-state index is -0.530. The van der Waals surface area contributed by atoms with Gasteiger partial charge in [-0.05, 0) is 54.9 Å². The van der Waals surface area contributed by atoms with Crippen LogP contribution in [0.5, 0.6) is 5.75 Å². The van der Waals surface area contributed by atoms with Gasteiger partial charge in [0.25, 0.3) is 0 Å². The summed E-state index contributed by atoms with van der Waals surface area (Å²) in [5, 5.41) is 10.9. The molecular weight excluding hydrogens is 587 g/mol. The van der Waals surface area contributed by atoms with Crippen LogP contribution in [0.15, 0.2) is 78.9 Å². The Kier molecular flexibility index (Phi) is 9.85. The van der Waals surface area contributed by atoms with E-state index in [0.29, 0.717) is 25.9 Å². The number of carbonyl (C=O) groups excluding carboxylic acids is 1. The van der Waals surface area contributed by atoms with Crippen LogP contribution in [-0.2, 0) is 24.2 Å². The minimum Gasteiger partial charge on any atom is -1.00 e. The molecule has 2 aliphatic heterocycles. The Hall–Kier alpha value is -2.42. The Morgan fingerprint density at radius 1 is 0.921 bits per heavy atom. The van der Waals surface area contributed by atoms with Crippen LogP contribution in [-0.4, -0.2) is 54.9 Å². The largest absolute Gasteiger partial charge is 1.00 e. The van der Waals surface area contributed by atoms with E-state index in [1.807, 2.05) is 53.4 Å². The van der Waals surface area contributed by atoms with Crippen LogP contribution in [0, 0.1) is 5.92 Å². The fourth-order valence-corrected chi connectivity index (χ4v) is 5.96. The van der Waals surface area contributed by atoms with Crippen LogP contribution >= 0.6 is 0 Å². The molecule has 5 nitrogen and oxygen atoms in total. The second kappa shape index (κ2) is 13.1. The maximum atomic E-state index is 12.8. The van der Waals surface area contributed by atoms with Gasteiger partial charge < -0.3 is 43.2 Å². The molecule has 1 unspecified atom stereocenters. The first-order valence-corrected chi connectivity index (χ1v) is 13.6. The summed E-state index contributed by atoms with van der Waals surface area (Å²) in [4.78, 5) is 14.6. The van der Waals surface area contributed by atoms with E-state index in [1.54, 1.807) is 0 Å². The first-order valence-electron chi connectivity index (χ1n) is 13.6. The average Bonchev–Trinajstić information content (AvgIpc) is 2.91. The van der Waals surface area contributed by atoms with Crippen molar-refractivity contribution in [3.05, 3.63) is 95.6 Å². The molecule has 202 valence electrons. The molecule has 0 aliphatic carbocycles. The number of hydrogen-bond donors (Lipinski definition) is 1. The second-order valence-electron chi connectivity index (χ2n) is 11.1. The highest BCUT2D eigenvalue weighted by Gasteiger charge is 2.33. The van der Waals surface area contributed by atoms with Crippen molar-refractivity contribution in [2.24, 2.45) is 5.92 Å².